The number of esters is 6. The third-order valence-corrected chi connectivity index (χ3v) is 9.82. The van der Waals surface area contributed by atoms with Crippen molar-refractivity contribution in [1.82, 2.24) is 0 Å². The van der Waals surface area contributed by atoms with Crippen LogP contribution in [0.5, 0.6) is 0 Å². The Morgan fingerprint density at radius 1 is 0.739 bits per heavy atom. The number of aliphatic hydroxyl groups is 2. The highest BCUT2D eigenvalue weighted by molar-refractivity contribution is 5.70. The molecule has 2 fully saturated rings. The predicted octanol–water partition coefficient (Wildman–Crippen LogP) is 1.70. The van der Waals surface area contributed by atoms with Gasteiger partial charge in [0.2, 0.25) is 0 Å². The maximum atomic E-state index is 12.9. The minimum absolute atomic E-state index is 0.0510. The average molecular weight is 655 g/mol. The van der Waals surface area contributed by atoms with E-state index >= 15 is 0 Å². The minimum atomic E-state index is -2.41. The Morgan fingerprint density at radius 2 is 1.26 bits per heavy atom. The minimum Gasteiger partial charge on any atom is -0.463 e. The first-order valence-corrected chi connectivity index (χ1v) is 15.2. The number of rotatable bonds is 7. The van der Waals surface area contributed by atoms with Gasteiger partial charge in [0, 0.05) is 59.8 Å². The third kappa shape index (κ3) is 6.78. The summed E-state index contributed by atoms with van der Waals surface area (Å²) in [5, 5.41) is 24.1. The van der Waals surface area contributed by atoms with Crippen LogP contribution < -0.4 is 0 Å². The molecule has 258 valence electrons. The summed E-state index contributed by atoms with van der Waals surface area (Å²) in [5.41, 5.74) is -4.37. The molecule has 0 saturated heterocycles. The zero-order valence-corrected chi connectivity index (χ0v) is 28.0. The Balaban J connectivity index is 2.60. The van der Waals surface area contributed by atoms with Crippen molar-refractivity contribution in [2.45, 2.75) is 124 Å². The van der Waals surface area contributed by atoms with E-state index in [-0.39, 0.29) is 6.42 Å². The van der Waals surface area contributed by atoms with Crippen LogP contribution in [0.25, 0.3) is 0 Å². The van der Waals surface area contributed by atoms with Gasteiger partial charge in [0.05, 0.1) is 11.5 Å². The van der Waals surface area contributed by atoms with Gasteiger partial charge in [0.1, 0.15) is 30.5 Å². The van der Waals surface area contributed by atoms with Gasteiger partial charge in [0.15, 0.2) is 12.2 Å². The average Bonchev–Trinajstić information content (AvgIpc) is 2.88. The van der Waals surface area contributed by atoms with E-state index < -0.39 is 114 Å². The van der Waals surface area contributed by atoms with E-state index in [9.17, 15) is 39.0 Å². The van der Waals surface area contributed by atoms with Gasteiger partial charge in [-0.25, -0.2) is 0 Å². The molecule has 0 aliphatic heterocycles. The fraction of sp³-hybridized carbons (Fsp3) is 0.750. The van der Waals surface area contributed by atoms with Crippen LogP contribution in [-0.2, 0) is 57.2 Å². The first-order valence-electron chi connectivity index (χ1n) is 15.2. The molecule has 3 aliphatic carbocycles. The van der Waals surface area contributed by atoms with Crippen LogP contribution in [0.2, 0.25) is 0 Å². The predicted molar refractivity (Wildman–Crippen MR) is 156 cm³/mol. The van der Waals surface area contributed by atoms with Crippen LogP contribution in [0, 0.1) is 22.7 Å². The van der Waals surface area contributed by atoms with E-state index in [4.69, 9.17) is 28.4 Å². The molecule has 0 spiro atoms. The van der Waals surface area contributed by atoms with Crippen molar-refractivity contribution in [2.24, 2.45) is 22.7 Å². The Kier molecular flexibility index (Phi) is 10.7. The summed E-state index contributed by atoms with van der Waals surface area (Å²) < 4.78 is 34.8. The van der Waals surface area contributed by atoms with E-state index in [1.165, 1.54) is 13.8 Å². The molecule has 14 nitrogen and oxygen atoms in total. The molecule has 10 atom stereocenters. The first-order chi connectivity index (χ1) is 21.1. The van der Waals surface area contributed by atoms with E-state index in [1.807, 2.05) is 0 Å². The molecule has 0 amide bonds. The summed E-state index contributed by atoms with van der Waals surface area (Å²) in [4.78, 5) is 75.5. The van der Waals surface area contributed by atoms with Gasteiger partial charge < -0.3 is 38.6 Å². The Hall–Kier alpha value is -3.52. The van der Waals surface area contributed by atoms with Gasteiger partial charge in [0.25, 0.3) is 0 Å². The van der Waals surface area contributed by atoms with Crippen molar-refractivity contribution >= 4 is 35.8 Å². The van der Waals surface area contributed by atoms with Crippen LogP contribution in [0.15, 0.2) is 11.1 Å². The third-order valence-electron chi connectivity index (χ3n) is 9.82. The number of hydrogen-bond donors (Lipinski definition) is 2. The van der Waals surface area contributed by atoms with E-state index in [0.717, 1.165) is 34.6 Å². The Labute approximate surface area is 268 Å². The van der Waals surface area contributed by atoms with Crippen LogP contribution in [0.3, 0.4) is 0 Å². The second-order valence-corrected chi connectivity index (χ2v) is 13.4. The molecule has 0 aromatic carbocycles. The van der Waals surface area contributed by atoms with Crippen LogP contribution in [0.4, 0.5) is 0 Å². The van der Waals surface area contributed by atoms with E-state index in [2.05, 4.69) is 0 Å². The van der Waals surface area contributed by atoms with Crippen LogP contribution >= 0.6 is 0 Å². The summed E-state index contributed by atoms with van der Waals surface area (Å²) in [6.07, 6.45) is -8.70. The molecule has 3 aliphatic rings. The standard InChI is InChI=1S/C32H46O14/c1-14-22(42-16(3)34)11-21-26(44-18(5)36)28-31(10,24(43-17(4)35)12-23(39)32(28,40)13-41-15(2)33)29(46-20(7)38)27(45-19(6)37)25(14)30(21,8)9/h21-24,26-29,39-40H,11-13H2,1-10H3/t21-,22-,23-,24-,26+,27+,28-,29-,31+,32?/m0/s1. The Morgan fingerprint density at radius 3 is 1.74 bits per heavy atom. The zero-order valence-electron chi connectivity index (χ0n) is 28.0. The molecule has 0 heterocycles. The van der Waals surface area contributed by atoms with Crippen LogP contribution in [-0.4, -0.2) is 94.9 Å². The van der Waals surface area contributed by atoms with Gasteiger partial charge >= 0.3 is 35.8 Å². The maximum absolute atomic E-state index is 12.9. The number of carbonyl (C=O) groups is 6. The molecule has 2 N–H and O–H groups in total. The zero-order chi connectivity index (χ0) is 35.1. The largest absolute Gasteiger partial charge is 0.463 e. The monoisotopic (exact) mass is 654 g/mol. The first kappa shape index (κ1) is 36.9. The number of fused-ring (bicyclic) bond motifs is 3. The number of aliphatic hydroxyl groups excluding tert-OH is 1. The van der Waals surface area contributed by atoms with Gasteiger partial charge in [-0.1, -0.05) is 20.8 Å². The van der Waals surface area contributed by atoms with Crippen molar-refractivity contribution in [3.8, 4) is 0 Å². The smallest absolute Gasteiger partial charge is 0.303 e. The Bertz CT molecular complexity index is 1300. The molecule has 2 saturated carbocycles. The molecule has 0 aromatic heterocycles. The van der Waals surface area contributed by atoms with Crippen molar-refractivity contribution in [1.29, 1.82) is 0 Å². The molecular formula is C32H46O14. The highest BCUT2D eigenvalue weighted by atomic mass is 16.6. The second kappa shape index (κ2) is 13.3. The molecule has 0 radical (unpaired) electrons. The summed E-state index contributed by atoms with van der Waals surface area (Å²) >= 11 is 0. The molecule has 3 rings (SSSR count). The lowest BCUT2D eigenvalue weighted by molar-refractivity contribution is -0.299. The summed E-state index contributed by atoms with van der Waals surface area (Å²) in [6.45, 7) is 12.9. The van der Waals surface area contributed by atoms with Crippen molar-refractivity contribution in [2.75, 3.05) is 6.61 Å². The number of ether oxygens (including phenoxy) is 6. The molecule has 1 unspecified atom stereocenters. The van der Waals surface area contributed by atoms with Crippen molar-refractivity contribution in [3.05, 3.63) is 11.1 Å². The highest BCUT2D eigenvalue weighted by Gasteiger charge is 2.73. The number of hydrogen-bond acceptors (Lipinski definition) is 14. The fourth-order valence-corrected chi connectivity index (χ4v) is 8.16. The maximum Gasteiger partial charge on any atom is 0.303 e. The molecular weight excluding hydrogens is 608 g/mol. The lowest BCUT2D eigenvalue weighted by atomic mass is 9.46. The van der Waals surface area contributed by atoms with E-state index in [1.54, 1.807) is 20.8 Å². The van der Waals surface area contributed by atoms with Crippen molar-refractivity contribution in [3.63, 3.8) is 0 Å². The number of carbonyl (C=O) groups excluding carboxylic acids is 6. The molecule has 0 aromatic rings. The molecule has 2 bridgehead atoms. The summed E-state index contributed by atoms with van der Waals surface area (Å²) in [7, 11) is 0. The fourth-order valence-electron chi connectivity index (χ4n) is 8.16. The summed E-state index contributed by atoms with van der Waals surface area (Å²) in [5.74, 6) is -6.90. The second-order valence-electron chi connectivity index (χ2n) is 13.4. The lowest BCUT2D eigenvalue weighted by Gasteiger charge is -2.64. The molecule has 14 heteroatoms. The topological polar surface area (TPSA) is 198 Å². The SMILES string of the molecule is CC(=O)OCC1(O)[C@H]2[C@H](OC(C)=O)[C@@H]3C[C@H](OC(C)=O)C(C)=C([C@@H](OC(C)=O)[C@H](OC(C)=O)[C@]2(C)[C@@H](OC(C)=O)C[C@@H]1O)C3(C)C. The normalized spacial score (nSPS) is 36.5. The van der Waals surface area contributed by atoms with E-state index in [0.29, 0.717) is 11.1 Å². The van der Waals surface area contributed by atoms with Crippen molar-refractivity contribution < 1.29 is 67.4 Å². The quantitative estimate of drug-likeness (QED) is 0.228. The molecule has 46 heavy (non-hydrogen) atoms. The van der Waals surface area contributed by atoms with Gasteiger partial charge in [-0.15, -0.1) is 0 Å². The van der Waals surface area contributed by atoms with Gasteiger partial charge in [-0.05, 0) is 29.9 Å². The highest BCUT2D eigenvalue weighted by Crippen LogP contribution is 2.62. The summed E-state index contributed by atoms with van der Waals surface area (Å²) in [6, 6.07) is 0. The van der Waals surface area contributed by atoms with Crippen LogP contribution in [0.1, 0.15) is 82.1 Å². The van der Waals surface area contributed by atoms with Gasteiger partial charge in [-0.3, -0.25) is 28.8 Å². The van der Waals surface area contributed by atoms with Gasteiger partial charge in [-0.2, -0.15) is 0 Å². The lowest BCUT2D eigenvalue weighted by Crippen LogP contribution is -2.76.